The number of benzene rings is 2. The summed E-state index contributed by atoms with van der Waals surface area (Å²) in [5.74, 6) is 2.05. The summed E-state index contributed by atoms with van der Waals surface area (Å²) >= 11 is 0. The lowest BCUT2D eigenvalue weighted by atomic mass is 9.93. The van der Waals surface area contributed by atoms with Gasteiger partial charge in [0.05, 0.1) is 22.2 Å². The smallest absolute Gasteiger partial charge is 0.319 e. The van der Waals surface area contributed by atoms with E-state index in [1.54, 1.807) is 18.2 Å². The third-order valence-corrected chi connectivity index (χ3v) is 12.8. The van der Waals surface area contributed by atoms with Gasteiger partial charge in [0.25, 0.3) is 6.43 Å². The molecule has 2 aromatic carbocycles. The van der Waals surface area contributed by atoms with Crippen molar-refractivity contribution < 1.29 is 27.0 Å². The Bertz CT molecular complexity index is 2410. The fourth-order valence-corrected chi connectivity index (χ4v) is 10.2. The number of aryl methyl sites for hydroxylation is 1. The zero-order chi connectivity index (χ0) is 38.1. The highest BCUT2D eigenvalue weighted by Gasteiger charge is 2.50. The number of aromatic nitrogens is 5. The zero-order valence-electron chi connectivity index (χ0n) is 30.7. The van der Waals surface area contributed by atoms with Crippen LogP contribution < -0.4 is 19.7 Å². The number of piperazine rings is 1. The van der Waals surface area contributed by atoms with E-state index in [4.69, 9.17) is 30.8 Å². The van der Waals surface area contributed by atoms with Gasteiger partial charge in [-0.3, -0.25) is 4.90 Å². The highest BCUT2D eigenvalue weighted by atomic mass is 19.3. The summed E-state index contributed by atoms with van der Waals surface area (Å²) in [6.45, 7) is 2.13. The van der Waals surface area contributed by atoms with E-state index in [0.717, 1.165) is 70.8 Å². The van der Waals surface area contributed by atoms with Crippen molar-refractivity contribution in [1.29, 1.82) is 0 Å². The van der Waals surface area contributed by atoms with Gasteiger partial charge in [0.1, 0.15) is 48.1 Å². The van der Waals surface area contributed by atoms with Crippen LogP contribution in [0, 0.1) is 24.0 Å². The van der Waals surface area contributed by atoms with Gasteiger partial charge in [-0.2, -0.15) is 9.97 Å². The van der Waals surface area contributed by atoms with Gasteiger partial charge >= 0.3 is 6.01 Å². The molecule has 4 fully saturated rings. The summed E-state index contributed by atoms with van der Waals surface area (Å²) in [5.41, 5.74) is 0.655. The molecule has 10 nitrogen and oxygen atoms in total. The Kier molecular flexibility index (Phi) is 8.70. The topological polar surface area (TPSA) is 101 Å². The average Bonchev–Trinajstić information content (AvgIpc) is 3.91. The summed E-state index contributed by atoms with van der Waals surface area (Å²) in [7, 11) is 0. The number of hydrogen-bond donors (Lipinski definition) is 1. The number of pyridine rings is 1. The first-order chi connectivity index (χ1) is 27.3. The summed E-state index contributed by atoms with van der Waals surface area (Å²) in [6.07, 6.45) is 12.2. The number of fused-ring (bicyclic) bond motifs is 7. The SMILES string of the molecule is C#Cc1c(F)ccc2cccc(-c3nc4c5c(nc(OC[C@@]67CCCN6[C@H](COc6cc(C(F)F)ncn6)CC7)nc5c3F)N3C[C@H]5CC[C@H](N5)[C@H]3CCC4)c12. The van der Waals surface area contributed by atoms with Crippen LogP contribution >= 0.6 is 0 Å². The van der Waals surface area contributed by atoms with Gasteiger partial charge in [-0.15, -0.1) is 6.42 Å². The molecule has 0 saturated carbocycles. The molecular formula is C42H40F4N8O2. The second kappa shape index (κ2) is 13.8. The van der Waals surface area contributed by atoms with Gasteiger partial charge in [-0.25, -0.2) is 32.5 Å². The van der Waals surface area contributed by atoms with Crippen LogP contribution in [0.4, 0.5) is 23.4 Å². The number of nitrogens with one attached hydrogen (secondary N) is 1. The first-order valence-corrected chi connectivity index (χ1v) is 19.5. The molecule has 10 rings (SSSR count). The molecule has 4 saturated heterocycles. The molecule has 0 unspecified atom stereocenters. The molecule has 1 N–H and O–H groups in total. The molecule has 288 valence electrons. The van der Waals surface area contributed by atoms with Crippen LogP contribution in [0.1, 0.15) is 74.7 Å². The van der Waals surface area contributed by atoms with Crippen molar-refractivity contribution in [3.05, 3.63) is 71.3 Å². The summed E-state index contributed by atoms with van der Waals surface area (Å²) in [6, 6.07) is 10.4. The van der Waals surface area contributed by atoms with E-state index in [-0.39, 0.29) is 65.2 Å². The van der Waals surface area contributed by atoms with Gasteiger partial charge in [0, 0.05) is 47.7 Å². The van der Waals surface area contributed by atoms with Crippen LogP contribution in [0.5, 0.6) is 11.9 Å². The molecule has 0 amide bonds. The Morgan fingerprint density at radius 2 is 1.89 bits per heavy atom. The van der Waals surface area contributed by atoms with Crippen molar-refractivity contribution >= 4 is 27.5 Å². The molecule has 2 bridgehead atoms. The van der Waals surface area contributed by atoms with Crippen LogP contribution in [0.25, 0.3) is 32.9 Å². The number of terminal acetylenes is 1. The molecule has 0 aliphatic carbocycles. The van der Waals surface area contributed by atoms with Gasteiger partial charge in [-0.1, -0.05) is 30.2 Å². The molecule has 3 aromatic heterocycles. The van der Waals surface area contributed by atoms with E-state index in [1.807, 2.05) is 6.07 Å². The number of hydrogen-bond acceptors (Lipinski definition) is 10. The zero-order valence-corrected chi connectivity index (χ0v) is 30.7. The molecule has 5 aromatic rings. The summed E-state index contributed by atoms with van der Waals surface area (Å²) in [4.78, 5) is 27.3. The molecule has 0 radical (unpaired) electrons. The molecule has 8 heterocycles. The lowest BCUT2D eigenvalue weighted by molar-refractivity contribution is 0.0677. The number of alkyl halides is 2. The fraction of sp³-hybridized carbons (Fsp3) is 0.452. The highest BCUT2D eigenvalue weighted by Crippen LogP contribution is 2.45. The Morgan fingerprint density at radius 3 is 2.77 bits per heavy atom. The van der Waals surface area contributed by atoms with E-state index in [1.165, 1.54) is 12.1 Å². The van der Waals surface area contributed by atoms with Crippen LogP contribution in [0.15, 0.2) is 42.7 Å². The predicted molar refractivity (Wildman–Crippen MR) is 202 cm³/mol. The monoisotopic (exact) mass is 764 g/mol. The number of rotatable bonds is 8. The van der Waals surface area contributed by atoms with Crippen molar-refractivity contribution in [3.8, 4) is 35.5 Å². The Balaban J connectivity index is 1.03. The molecule has 5 atom stereocenters. The van der Waals surface area contributed by atoms with E-state index < -0.39 is 18.1 Å². The van der Waals surface area contributed by atoms with Crippen molar-refractivity contribution in [2.75, 3.05) is 31.2 Å². The maximum atomic E-state index is 17.4. The van der Waals surface area contributed by atoms with Crippen molar-refractivity contribution in [3.63, 3.8) is 0 Å². The lowest BCUT2D eigenvalue weighted by Crippen LogP contribution is -2.58. The largest absolute Gasteiger partial charge is 0.476 e. The predicted octanol–water partition coefficient (Wildman–Crippen LogP) is 6.93. The molecular weight excluding hydrogens is 725 g/mol. The number of ether oxygens (including phenoxy) is 2. The van der Waals surface area contributed by atoms with E-state index >= 15 is 8.78 Å². The Morgan fingerprint density at radius 1 is 0.982 bits per heavy atom. The quantitative estimate of drug-likeness (QED) is 0.132. The summed E-state index contributed by atoms with van der Waals surface area (Å²) < 4.78 is 71.5. The third kappa shape index (κ3) is 5.81. The molecule has 0 spiro atoms. The van der Waals surface area contributed by atoms with Gasteiger partial charge < -0.3 is 19.7 Å². The van der Waals surface area contributed by atoms with Crippen molar-refractivity contribution in [1.82, 2.24) is 35.1 Å². The minimum absolute atomic E-state index is 0.0289. The molecule has 14 heteroatoms. The molecule has 5 aliphatic rings. The number of halogens is 4. The van der Waals surface area contributed by atoms with Gasteiger partial charge in [0.15, 0.2) is 5.82 Å². The maximum absolute atomic E-state index is 17.4. The maximum Gasteiger partial charge on any atom is 0.319 e. The lowest BCUT2D eigenvalue weighted by Gasteiger charge is -2.43. The Hall–Kier alpha value is -5.13. The van der Waals surface area contributed by atoms with Crippen LogP contribution in [-0.4, -0.2) is 85.8 Å². The average molecular weight is 765 g/mol. The van der Waals surface area contributed by atoms with E-state index in [2.05, 4.69) is 31.0 Å². The molecule has 5 aliphatic heterocycles. The standard InChI is InChI=1S/C42H40F4N8O2/c1-2-26-28(43)12-10-23-6-3-7-27(34(23)26)37-36(44)38-35-30(50-37)8-4-9-32-29-13-11-24(49-29)19-53(32)40(35)52-41(51-38)56-21-42-15-5-17-54(42)25(14-16-42)20-55-33-18-31(39(45)46)47-22-48-33/h1,3,6-7,10,12,18,22,24-25,29,32,39,49H,4-5,8-9,11,13-17,19-21H2/t24-,25+,29+,32-,42+/m1/s1. The van der Waals surface area contributed by atoms with Crippen molar-refractivity contribution in [2.24, 2.45) is 0 Å². The van der Waals surface area contributed by atoms with Crippen LogP contribution in [-0.2, 0) is 6.42 Å². The fourth-order valence-electron chi connectivity index (χ4n) is 10.2. The van der Waals surface area contributed by atoms with E-state index in [9.17, 15) is 8.78 Å². The minimum Gasteiger partial charge on any atom is -0.476 e. The second-order valence-electron chi connectivity index (χ2n) is 15.8. The molecule has 56 heavy (non-hydrogen) atoms. The van der Waals surface area contributed by atoms with Crippen LogP contribution in [0.3, 0.4) is 0 Å². The summed E-state index contributed by atoms with van der Waals surface area (Å²) in [5, 5.41) is 5.49. The number of nitrogens with zero attached hydrogens (tertiary/aromatic N) is 7. The van der Waals surface area contributed by atoms with Crippen molar-refractivity contribution in [2.45, 2.75) is 93.9 Å². The van der Waals surface area contributed by atoms with Gasteiger partial charge in [-0.05, 0) is 75.8 Å². The minimum atomic E-state index is -2.71. The van der Waals surface area contributed by atoms with E-state index in [0.29, 0.717) is 51.7 Å². The first kappa shape index (κ1) is 35.3. The Labute approximate surface area is 321 Å². The highest BCUT2D eigenvalue weighted by molar-refractivity contribution is 6.02. The van der Waals surface area contributed by atoms with Crippen LogP contribution in [0.2, 0.25) is 0 Å². The third-order valence-electron chi connectivity index (χ3n) is 12.8. The first-order valence-electron chi connectivity index (χ1n) is 19.5. The normalized spacial score (nSPS) is 25.6. The van der Waals surface area contributed by atoms with Gasteiger partial charge in [0.2, 0.25) is 5.88 Å². The second-order valence-corrected chi connectivity index (χ2v) is 15.8. The number of anilines is 1.